The van der Waals surface area contributed by atoms with Gasteiger partial charge in [0.15, 0.2) is 11.5 Å². The van der Waals surface area contributed by atoms with Crippen molar-refractivity contribution in [2.45, 2.75) is 64.2 Å². The highest BCUT2D eigenvalue weighted by Gasteiger charge is 2.05. The fourth-order valence-corrected chi connectivity index (χ4v) is 2.50. The molecule has 0 heterocycles. The largest absolute Gasteiger partial charge is 0.493 e. The van der Waals surface area contributed by atoms with Crippen LogP contribution in [0.15, 0.2) is 18.2 Å². The highest BCUT2D eigenvalue weighted by Crippen LogP contribution is 2.28. The van der Waals surface area contributed by atoms with Gasteiger partial charge in [-0.05, 0) is 24.1 Å². The second kappa shape index (κ2) is 11.7. The minimum Gasteiger partial charge on any atom is -0.493 e. The van der Waals surface area contributed by atoms with E-state index in [0.29, 0.717) is 5.88 Å². The van der Waals surface area contributed by atoms with Crippen LogP contribution >= 0.6 is 11.6 Å². The number of methoxy groups -OCH3 is 1. The molecule has 0 amide bonds. The molecule has 0 saturated carbocycles. The summed E-state index contributed by atoms with van der Waals surface area (Å²) in [5.74, 6) is 2.08. The molecule has 1 rings (SSSR count). The number of rotatable bonds is 12. The molecule has 0 aliphatic carbocycles. The molecule has 120 valence electrons. The van der Waals surface area contributed by atoms with E-state index in [0.717, 1.165) is 30.1 Å². The van der Waals surface area contributed by atoms with Gasteiger partial charge < -0.3 is 9.47 Å². The summed E-state index contributed by atoms with van der Waals surface area (Å²) >= 11 is 5.82. The van der Waals surface area contributed by atoms with Gasteiger partial charge in [0.2, 0.25) is 0 Å². The molecule has 0 aliphatic heterocycles. The maximum atomic E-state index is 5.82. The van der Waals surface area contributed by atoms with Gasteiger partial charge in [-0.25, -0.2) is 0 Å². The lowest BCUT2D eigenvalue weighted by Crippen LogP contribution is -2.00. The van der Waals surface area contributed by atoms with E-state index in [4.69, 9.17) is 21.1 Å². The van der Waals surface area contributed by atoms with E-state index in [9.17, 15) is 0 Å². The number of alkyl halides is 1. The summed E-state index contributed by atoms with van der Waals surface area (Å²) in [4.78, 5) is 0. The quantitative estimate of drug-likeness (QED) is 0.350. The number of hydrogen-bond acceptors (Lipinski definition) is 2. The highest BCUT2D eigenvalue weighted by atomic mass is 35.5. The Labute approximate surface area is 134 Å². The van der Waals surface area contributed by atoms with Crippen molar-refractivity contribution in [2.75, 3.05) is 13.7 Å². The van der Waals surface area contributed by atoms with Crippen LogP contribution in [0.4, 0.5) is 0 Å². The van der Waals surface area contributed by atoms with E-state index in [1.165, 1.54) is 44.9 Å². The van der Waals surface area contributed by atoms with Gasteiger partial charge in [0.05, 0.1) is 13.7 Å². The van der Waals surface area contributed by atoms with Crippen LogP contribution in [0, 0.1) is 0 Å². The van der Waals surface area contributed by atoms with Gasteiger partial charge in [-0.15, -0.1) is 11.6 Å². The maximum Gasteiger partial charge on any atom is 0.161 e. The normalized spacial score (nSPS) is 10.6. The summed E-state index contributed by atoms with van der Waals surface area (Å²) in [7, 11) is 1.66. The molecule has 0 fully saturated rings. The van der Waals surface area contributed by atoms with Crippen molar-refractivity contribution >= 4 is 11.6 Å². The van der Waals surface area contributed by atoms with Crippen LogP contribution in [0.25, 0.3) is 0 Å². The van der Waals surface area contributed by atoms with E-state index >= 15 is 0 Å². The molecule has 0 aromatic heterocycles. The summed E-state index contributed by atoms with van der Waals surface area (Å²) in [5.41, 5.74) is 1.05. The minimum atomic E-state index is 0.495. The SMILES string of the molecule is CCCCCCCCCCOc1ccc(CCl)cc1OC. The van der Waals surface area contributed by atoms with Gasteiger partial charge in [-0.1, -0.05) is 57.9 Å². The zero-order valence-electron chi connectivity index (χ0n) is 13.5. The minimum absolute atomic E-state index is 0.495. The first kappa shape index (κ1) is 18.2. The van der Waals surface area contributed by atoms with Crippen molar-refractivity contribution in [2.24, 2.45) is 0 Å². The van der Waals surface area contributed by atoms with Crippen LogP contribution in [0.1, 0.15) is 63.9 Å². The fourth-order valence-electron chi connectivity index (χ4n) is 2.33. The van der Waals surface area contributed by atoms with Gasteiger partial charge in [0.25, 0.3) is 0 Å². The fraction of sp³-hybridized carbons (Fsp3) is 0.667. The first-order valence-electron chi connectivity index (χ1n) is 8.17. The van der Waals surface area contributed by atoms with Crippen LogP contribution in [-0.4, -0.2) is 13.7 Å². The number of unbranched alkanes of at least 4 members (excludes halogenated alkanes) is 7. The summed E-state index contributed by atoms with van der Waals surface area (Å²) in [5, 5.41) is 0. The number of halogens is 1. The third-order valence-corrected chi connectivity index (χ3v) is 3.95. The van der Waals surface area contributed by atoms with Crippen LogP contribution in [0.2, 0.25) is 0 Å². The third kappa shape index (κ3) is 7.61. The molecule has 0 radical (unpaired) electrons. The van der Waals surface area contributed by atoms with Crippen molar-refractivity contribution in [3.05, 3.63) is 23.8 Å². The van der Waals surface area contributed by atoms with Crippen molar-refractivity contribution in [1.29, 1.82) is 0 Å². The Morgan fingerprint density at radius 1 is 0.905 bits per heavy atom. The molecular weight excluding hydrogens is 284 g/mol. The van der Waals surface area contributed by atoms with Gasteiger partial charge in [0.1, 0.15) is 0 Å². The van der Waals surface area contributed by atoms with E-state index in [2.05, 4.69) is 6.92 Å². The second-order valence-electron chi connectivity index (χ2n) is 5.44. The molecule has 3 heteroatoms. The monoisotopic (exact) mass is 312 g/mol. The standard InChI is InChI=1S/C18H29ClO2/c1-3-4-5-6-7-8-9-10-13-21-17-12-11-16(15-19)14-18(17)20-2/h11-12,14H,3-10,13,15H2,1-2H3. The van der Waals surface area contributed by atoms with Crippen LogP contribution in [0.5, 0.6) is 11.5 Å². The third-order valence-electron chi connectivity index (χ3n) is 3.64. The molecule has 0 aliphatic rings. The zero-order valence-corrected chi connectivity index (χ0v) is 14.3. The highest BCUT2D eigenvalue weighted by molar-refractivity contribution is 6.17. The predicted molar refractivity (Wildman–Crippen MR) is 90.7 cm³/mol. The summed E-state index contributed by atoms with van der Waals surface area (Å²) in [6.07, 6.45) is 10.5. The maximum absolute atomic E-state index is 5.82. The average molecular weight is 313 g/mol. The second-order valence-corrected chi connectivity index (χ2v) is 5.71. The van der Waals surface area contributed by atoms with E-state index in [1.807, 2.05) is 18.2 Å². The lowest BCUT2D eigenvalue weighted by Gasteiger charge is -2.11. The number of ether oxygens (including phenoxy) is 2. The first-order valence-corrected chi connectivity index (χ1v) is 8.71. The molecule has 0 N–H and O–H groups in total. The van der Waals surface area contributed by atoms with Gasteiger partial charge >= 0.3 is 0 Å². The molecule has 0 atom stereocenters. The number of hydrogen-bond donors (Lipinski definition) is 0. The van der Waals surface area contributed by atoms with E-state index in [1.54, 1.807) is 7.11 Å². The predicted octanol–water partition coefficient (Wildman–Crippen LogP) is 5.95. The van der Waals surface area contributed by atoms with Gasteiger partial charge in [-0.3, -0.25) is 0 Å². The molecule has 0 unspecified atom stereocenters. The molecule has 0 saturated heterocycles. The lowest BCUT2D eigenvalue weighted by atomic mass is 10.1. The van der Waals surface area contributed by atoms with Crippen LogP contribution in [0.3, 0.4) is 0 Å². The Hall–Kier alpha value is -0.890. The van der Waals surface area contributed by atoms with Crippen molar-refractivity contribution in [3.8, 4) is 11.5 Å². The zero-order chi connectivity index (χ0) is 15.3. The molecule has 0 bridgehead atoms. The summed E-state index contributed by atoms with van der Waals surface area (Å²) in [6.45, 7) is 3.01. The smallest absolute Gasteiger partial charge is 0.161 e. The Morgan fingerprint density at radius 3 is 2.19 bits per heavy atom. The molecule has 0 spiro atoms. The topological polar surface area (TPSA) is 18.5 Å². The average Bonchev–Trinajstić information content (AvgIpc) is 2.53. The molecule has 1 aromatic rings. The molecule has 2 nitrogen and oxygen atoms in total. The lowest BCUT2D eigenvalue weighted by molar-refractivity contribution is 0.284. The van der Waals surface area contributed by atoms with E-state index < -0.39 is 0 Å². The molecule has 1 aromatic carbocycles. The summed E-state index contributed by atoms with van der Waals surface area (Å²) in [6, 6.07) is 5.87. The first-order chi connectivity index (χ1) is 10.3. The van der Waals surface area contributed by atoms with E-state index in [-0.39, 0.29) is 0 Å². The van der Waals surface area contributed by atoms with Gasteiger partial charge in [0, 0.05) is 5.88 Å². The van der Waals surface area contributed by atoms with Crippen LogP contribution < -0.4 is 9.47 Å². The Morgan fingerprint density at radius 2 is 1.57 bits per heavy atom. The summed E-state index contributed by atoms with van der Waals surface area (Å²) < 4.78 is 11.1. The van der Waals surface area contributed by atoms with Crippen molar-refractivity contribution < 1.29 is 9.47 Å². The van der Waals surface area contributed by atoms with Gasteiger partial charge in [-0.2, -0.15) is 0 Å². The van der Waals surface area contributed by atoms with Crippen molar-refractivity contribution in [3.63, 3.8) is 0 Å². The molecular formula is C18H29ClO2. The Bertz CT molecular complexity index is 379. The Balaban J connectivity index is 2.15. The Kier molecular flexibility index (Phi) is 10.1. The van der Waals surface area contributed by atoms with Crippen LogP contribution in [-0.2, 0) is 5.88 Å². The van der Waals surface area contributed by atoms with Crippen molar-refractivity contribution in [1.82, 2.24) is 0 Å². The molecule has 21 heavy (non-hydrogen) atoms. The number of benzene rings is 1.